The summed E-state index contributed by atoms with van der Waals surface area (Å²) < 4.78 is 5.08. The number of rotatable bonds is 3. The maximum atomic E-state index is 11.3. The van der Waals surface area contributed by atoms with E-state index in [1.165, 1.54) is 0 Å². The monoisotopic (exact) mass is 215 g/mol. The van der Waals surface area contributed by atoms with Crippen molar-refractivity contribution in [3.05, 3.63) is 11.6 Å². The Bertz CT molecular complexity index is 241. The summed E-state index contributed by atoms with van der Waals surface area (Å²) in [5.74, 6) is 0. The van der Waals surface area contributed by atoms with Crippen LogP contribution in [-0.2, 0) is 4.74 Å². The van der Waals surface area contributed by atoms with Crippen LogP contribution >= 0.6 is 0 Å². The molecule has 0 saturated carbocycles. The van der Waals surface area contributed by atoms with Crippen LogP contribution in [0.1, 0.15) is 34.6 Å². The molecule has 0 aliphatic carbocycles. The van der Waals surface area contributed by atoms with Gasteiger partial charge in [-0.15, -0.1) is 0 Å². The molecule has 1 amide bonds. The van der Waals surface area contributed by atoms with Crippen LogP contribution in [0.4, 0.5) is 4.79 Å². The smallest absolute Gasteiger partial charge is 0.408 e. The minimum Gasteiger partial charge on any atom is -0.444 e. The SMILES string of the molecule is C/C(=C/C(C)NC(=O)OC(C)(C)C)CO. The van der Waals surface area contributed by atoms with Crippen molar-refractivity contribution in [3.8, 4) is 0 Å². The van der Waals surface area contributed by atoms with Gasteiger partial charge in [0.15, 0.2) is 0 Å². The Labute approximate surface area is 91.3 Å². The number of hydrogen-bond donors (Lipinski definition) is 2. The van der Waals surface area contributed by atoms with Crippen molar-refractivity contribution in [1.82, 2.24) is 5.32 Å². The lowest BCUT2D eigenvalue weighted by Crippen LogP contribution is -2.37. The Morgan fingerprint density at radius 1 is 1.53 bits per heavy atom. The van der Waals surface area contributed by atoms with Crippen LogP contribution in [0, 0.1) is 0 Å². The van der Waals surface area contributed by atoms with Crippen molar-refractivity contribution in [1.29, 1.82) is 0 Å². The summed E-state index contributed by atoms with van der Waals surface area (Å²) in [5, 5.41) is 11.4. The summed E-state index contributed by atoms with van der Waals surface area (Å²) in [5.41, 5.74) is 0.332. The lowest BCUT2D eigenvalue weighted by Gasteiger charge is -2.21. The molecule has 0 rings (SSSR count). The molecule has 0 aliphatic heterocycles. The molecule has 0 spiro atoms. The van der Waals surface area contributed by atoms with Gasteiger partial charge in [-0.25, -0.2) is 4.79 Å². The van der Waals surface area contributed by atoms with Gasteiger partial charge < -0.3 is 15.2 Å². The average Bonchev–Trinajstić information content (AvgIpc) is 1.99. The van der Waals surface area contributed by atoms with Crippen molar-refractivity contribution >= 4 is 6.09 Å². The Balaban J connectivity index is 4.08. The van der Waals surface area contributed by atoms with Gasteiger partial charge in [-0.2, -0.15) is 0 Å². The van der Waals surface area contributed by atoms with Gasteiger partial charge in [-0.3, -0.25) is 0 Å². The predicted octanol–water partition coefficient (Wildman–Crippen LogP) is 1.84. The number of amides is 1. The van der Waals surface area contributed by atoms with E-state index in [9.17, 15) is 4.79 Å². The van der Waals surface area contributed by atoms with E-state index in [0.29, 0.717) is 0 Å². The maximum absolute atomic E-state index is 11.3. The van der Waals surface area contributed by atoms with Gasteiger partial charge in [0.2, 0.25) is 0 Å². The molecule has 2 N–H and O–H groups in total. The number of hydrogen-bond acceptors (Lipinski definition) is 3. The quantitative estimate of drug-likeness (QED) is 0.706. The topological polar surface area (TPSA) is 58.6 Å². The Kier molecular flexibility index (Phi) is 5.36. The van der Waals surface area contributed by atoms with E-state index in [-0.39, 0.29) is 12.6 Å². The molecular weight excluding hydrogens is 194 g/mol. The largest absolute Gasteiger partial charge is 0.444 e. The molecule has 0 bridgehead atoms. The van der Waals surface area contributed by atoms with Gasteiger partial charge in [-0.05, 0) is 34.6 Å². The highest BCUT2D eigenvalue weighted by Gasteiger charge is 2.16. The van der Waals surface area contributed by atoms with E-state index in [0.717, 1.165) is 5.57 Å². The third-order valence-corrected chi connectivity index (χ3v) is 1.53. The van der Waals surface area contributed by atoms with Gasteiger partial charge in [0.05, 0.1) is 6.61 Å². The Hall–Kier alpha value is -1.03. The number of aliphatic hydroxyl groups is 1. The summed E-state index contributed by atoms with van der Waals surface area (Å²) in [6.07, 6.45) is 1.33. The highest BCUT2D eigenvalue weighted by atomic mass is 16.6. The van der Waals surface area contributed by atoms with Crippen molar-refractivity contribution in [2.24, 2.45) is 0 Å². The van der Waals surface area contributed by atoms with Crippen LogP contribution in [0.3, 0.4) is 0 Å². The fourth-order valence-corrected chi connectivity index (χ4v) is 1.01. The van der Waals surface area contributed by atoms with Crippen LogP contribution in [0.5, 0.6) is 0 Å². The normalized spacial score (nSPS) is 14.7. The Morgan fingerprint density at radius 2 is 2.07 bits per heavy atom. The molecule has 1 atom stereocenters. The zero-order valence-corrected chi connectivity index (χ0v) is 10.1. The highest BCUT2D eigenvalue weighted by molar-refractivity contribution is 5.68. The van der Waals surface area contributed by atoms with Crippen molar-refractivity contribution in [2.45, 2.75) is 46.3 Å². The van der Waals surface area contributed by atoms with E-state index in [2.05, 4.69) is 5.32 Å². The molecule has 0 heterocycles. The fourth-order valence-electron chi connectivity index (χ4n) is 1.01. The second kappa shape index (κ2) is 5.75. The molecule has 0 saturated heterocycles. The number of alkyl carbamates (subject to hydrolysis) is 1. The van der Waals surface area contributed by atoms with Crippen molar-refractivity contribution in [2.75, 3.05) is 6.61 Å². The first-order chi connectivity index (χ1) is 6.74. The summed E-state index contributed by atoms with van der Waals surface area (Å²) in [4.78, 5) is 11.3. The number of carbonyl (C=O) groups is 1. The van der Waals surface area contributed by atoms with Gasteiger partial charge in [0.25, 0.3) is 0 Å². The minimum atomic E-state index is -0.487. The van der Waals surface area contributed by atoms with E-state index in [1.807, 2.05) is 27.7 Å². The minimum absolute atomic E-state index is 0.000336. The Morgan fingerprint density at radius 3 is 2.47 bits per heavy atom. The third kappa shape index (κ3) is 8.00. The number of nitrogens with one attached hydrogen (secondary N) is 1. The predicted molar refractivity (Wildman–Crippen MR) is 59.7 cm³/mol. The molecule has 88 valence electrons. The van der Waals surface area contributed by atoms with Gasteiger partial charge in [-0.1, -0.05) is 11.6 Å². The number of aliphatic hydroxyl groups excluding tert-OH is 1. The first kappa shape index (κ1) is 14.0. The number of ether oxygens (including phenoxy) is 1. The second-order valence-electron chi connectivity index (χ2n) is 4.61. The molecule has 1 unspecified atom stereocenters. The van der Waals surface area contributed by atoms with Crippen LogP contribution in [0.25, 0.3) is 0 Å². The zero-order valence-electron chi connectivity index (χ0n) is 10.1. The summed E-state index contributed by atoms with van der Waals surface area (Å²) in [7, 11) is 0. The van der Waals surface area contributed by atoms with Crippen LogP contribution in [-0.4, -0.2) is 29.4 Å². The average molecular weight is 215 g/mol. The molecule has 4 heteroatoms. The molecule has 4 nitrogen and oxygen atoms in total. The number of carbonyl (C=O) groups excluding carboxylic acids is 1. The molecule has 0 aromatic rings. The van der Waals surface area contributed by atoms with Crippen molar-refractivity contribution in [3.63, 3.8) is 0 Å². The van der Waals surface area contributed by atoms with E-state index in [4.69, 9.17) is 9.84 Å². The van der Waals surface area contributed by atoms with Crippen molar-refractivity contribution < 1.29 is 14.6 Å². The third-order valence-electron chi connectivity index (χ3n) is 1.53. The van der Waals surface area contributed by atoms with E-state index >= 15 is 0 Å². The van der Waals surface area contributed by atoms with Gasteiger partial charge in [0, 0.05) is 6.04 Å². The first-order valence-corrected chi connectivity index (χ1v) is 5.02. The highest BCUT2D eigenvalue weighted by Crippen LogP contribution is 2.07. The maximum Gasteiger partial charge on any atom is 0.408 e. The molecular formula is C11H21NO3. The molecule has 0 radical (unpaired) electrons. The van der Waals surface area contributed by atoms with Crippen LogP contribution in [0.2, 0.25) is 0 Å². The summed E-state index contributed by atoms with van der Waals surface area (Å²) in [6, 6.07) is -0.146. The standard InChI is InChI=1S/C11H21NO3/c1-8(7-13)6-9(2)12-10(14)15-11(3,4)5/h6,9,13H,7H2,1-5H3,(H,12,14)/b8-6-. The lowest BCUT2D eigenvalue weighted by molar-refractivity contribution is 0.0517. The fraction of sp³-hybridized carbons (Fsp3) is 0.727. The zero-order chi connectivity index (χ0) is 12.1. The lowest BCUT2D eigenvalue weighted by atomic mass is 10.2. The molecule has 0 aromatic carbocycles. The molecule has 0 fully saturated rings. The first-order valence-electron chi connectivity index (χ1n) is 5.02. The van der Waals surface area contributed by atoms with Gasteiger partial charge >= 0.3 is 6.09 Å². The summed E-state index contributed by atoms with van der Waals surface area (Å²) >= 11 is 0. The second-order valence-corrected chi connectivity index (χ2v) is 4.61. The van der Waals surface area contributed by atoms with Crippen LogP contribution < -0.4 is 5.32 Å². The van der Waals surface area contributed by atoms with Gasteiger partial charge in [0.1, 0.15) is 5.60 Å². The van der Waals surface area contributed by atoms with E-state index < -0.39 is 11.7 Å². The molecule has 15 heavy (non-hydrogen) atoms. The van der Waals surface area contributed by atoms with Crippen LogP contribution in [0.15, 0.2) is 11.6 Å². The molecule has 0 aromatic heterocycles. The summed E-state index contributed by atoms with van der Waals surface area (Å²) in [6.45, 7) is 9.06. The van der Waals surface area contributed by atoms with E-state index in [1.54, 1.807) is 13.0 Å². The molecule has 0 aliphatic rings.